The molecule has 1 aliphatic rings. The molecule has 0 saturated heterocycles. The van der Waals surface area contributed by atoms with Crippen molar-refractivity contribution in [3.05, 3.63) is 28.8 Å². The molecule has 0 aliphatic heterocycles. The van der Waals surface area contributed by atoms with E-state index in [-0.39, 0.29) is 18.2 Å². The Morgan fingerprint density at radius 3 is 2.36 bits per heavy atom. The van der Waals surface area contributed by atoms with Crippen LogP contribution in [0.2, 0.25) is 0 Å². The second kappa shape index (κ2) is 6.60. The second-order valence-corrected chi connectivity index (χ2v) is 5.91. The number of amides is 1. The van der Waals surface area contributed by atoms with E-state index >= 15 is 0 Å². The van der Waals surface area contributed by atoms with Crippen molar-refractivity contribution in [2.75, 3.05) is 13.6 Å². The van der Waals surface area contributed by atoms with Gasteiger partial charge in [-0.1, -0.05) is 0 Å². The minimum Gasteiger partial charge on any atom is -0.434 e. The van der Waals surface area contributed by atoms with Gasteiger partial charge in [0.2, 0.25) is 0 Å². The molecule has 1 aromatic rings. The van der Waals surface area contributed by atoms with Crippen LogP contribution in [0.3, 0.4) is 0 Å². The molecule has 0 bridgehead atoms. The van der Waals surface area contributed by atoms with Gasteiger partial charge in [0.15, 0.2) is 0 Å². The first-order valence-electron chi connectivity index (χ1n) is 7.29. The standard InChI is InChI=1S/C16H21F2NO3/c1-9-6-12(7-10(2)14(9)22-16(17)18)15(21)19(3)8-13(20)11-4-5-11/h6-7,11,13,16,20H,4-5,8H2,1-3H3. The fraction of sp³-hybridized carbons (Fsp3) is 0.562. The first-order valence-corrected chi connectivity index (χ1v) is 7.29. The van der Waals surface area contributed by atoms with E-state index in [0.717, 1.165) is 12.8 Å². The minimum atomic E-state index is -2.89. The van der Waals surface area contributed by atoms with Crippen LogP contribution in [0.15, 0.2) is 12.1 Å². The Morgan fingerprint density at radius 1 is 1.36 bits per heavy atom. The fourth-order valence-corrected chi connectivity index (χ4v) is 2.56. The van der Waals surface area contributed by atoms with Crippen LogP contribution in [0.5, 0.6) is 5.75 Å². The lowest BCUT2D eigenvalue weighted by molar-refractivity contribution is -0.0507. The Bertz CT molecular complexity index is 535. The van der Waals surface area contributed by atoms with Crippen LogP contribution in [-0.2, 0) is 0 Å². The number of carbonyl (C=O) groups excluding carboxylic acids is 1. The number of halogens is 2. The molecule has 1 amide bonds. The number of nitrogens with zero attached hydrogens (tertiary/aromatic N) is 1. The van der Waals surface area contributed by atoms with E-state index in [1.54, 1.807) is 20.9 Å². The van der Waals surface area contributed by atoms with Crippen LogP contribution in [-0.4, -0.2) is 42.2 Å². The molecular formula is C16H21F2NO3. The molecule has 1 fully saturated rings. The molecule has 1 aromatic carbocycles. The van der Waals surface area contributed by atoms with Gasteiger partial charge in [0.05, 0.1) is 6.10 Å². The highest BCUT2D eigenvalue weighted by Crippen LogP contribution is 2.33. The smallest absolute Gasteiger partial charge is 0.387 e. The topological polar surface area (TPSA) is 49.8 Å². The number of ether oxygens (including phenoxy) is 1. The average molecular weight is 313 g/mol. The third-order valence-corrected chi connectivity index (χ3v) is 3.89. The molecule has 1 saturated carbocycles. The summed E-state index contributed by atoms with van der Waals surface area (Å²) in [6.07, 6.45) is 1.50. The predicted molar refractivity (Wildman–Crippen MR) is 78.2 cm³/mol. The molecule has 0 spiro atoms. The largest absolute Gasteiger partial charge is 0.434 e. The average Bonchev–Trinajstić information content (AvgIpc) is 3.25. The fourth-order valence-electron chi connectivity index (χ4n) is 2.56. The summed E-state index contributed by atoms with van der Waals surface area (Å²) in [6, 6.07) is 3.07. The maximum atomic E-state index is 12.4. The van der Waals surface area contributed by atoms with Crippen LogP contribution >= 0.6 is 0 Å². The molecule has 122 valence electrons. The quantitative estimate of drug-likeness (QED) is 0.878. The van der Waals surface area contributed by atoms with Crippen molar-refractivity contribution in [3.8, 4) is 5.75 Å². The molecule has 1 unspecified atom stereocenters. The lowest BCUT2D eigenvalue weighted by atomic mass is 10.0. The number of aliphatic hydroxyl groups is 1. The molecule has 1 N–H and O–H groups in total. The van der Waals surface area contributed by atoms with Crippen molar-refractivity contribution >= 4 is 5.91 Å². The third-order valence-electron chi connectivity index (χ3n) is 3.89. The van der Waals surface area contributed by atoms with E-state index in [4.69, 9.17) is 0 Å². The number of carbonyl (C=O) groups is 1. The number of hydrogen-bond acceptors (Lipinski definition) is 3. The zero-order valence-corrected chi connectivity index (χ0v) is 13.0. The van der Waals surface area contributed by atoms with Crippen LogP contribution in [0.4, 0.5) is 8.78 Å². The molecule has 1 atom stereocenters. The van der Waals surface area contributed by atoms with Gasteiger partial charge < -0.3 is 14.7 Å². The Balaban J connectivity index is 2.12. The van der Waals surface area contributed by atoms with Gasteiger partial charge in [0.1, 0.15) is 5.75 Å². The SMILES string of the molecule is Cc1cc(C(=O)N(C)CC(O)C2CC2)cc(C)c1OC(F)F. The van der Waals surface area contributed by atoms with Crippen LogP contribution in [0.25, 0.3) is 0 Å². The van der Waals surface area contributed by atoms with E-state index < -0.39 is 12.7 Å². The highest BCUT2D eigenvalue weighted by atomic mass is 19.3. The second-order valence-electron chi connectivity index (χ2n) is 5.91. The number of aryl methyl sites for hydroxylation is 2. The van der Waals surface area contributed by atoms with Crippen molar-refractivity contribution in [2.45, 2.75) is 39.4 Å². The number of benzene rings is 1. The van der Waals surface area contributed by atoms with Crippen molar-refractivity contribution in [1.82, 2.24) is 4.90 Å². The number of likely N-dealkylation sites (N-methyl/N-ethyl adjacent to an activating group) is 1. The molecule has 2 rings (SSSR count). The highest BCUT2D eigenvalue weighted by molar-refractivity contribution is 5.94. The van der Waals surface area contributed by atoms with Crippen LogP contribution in [0, 0.1) is 19.8 Å². The van der Waals surface area contributed by atoms with Crippen molar-refractivity contribution in [1.29, 1.82) is 0 Å². The highest BCUT2D eigenvalue weighted by Gasteiger charge is 2.31. The number of hydrogen-bond donors (Lipinski definition) is 1. The minimum absolute atomic E-state index is 0.104. The summed E-state index contributed by atoms with van der Waals surface area (Å²) in [7, 11) is 1.63. The summed E-state index contributed by atoms with van der Waals surface area (Å²) in [5.74, 6) is 0.155. The molecular weight excluding hydrogens is 292 g/mol. The molecule has 22 heavy (non-hydrogen) atoms. The lowest BCUT2D eigenvalue weighted by Gasteiger charge is -2.22. The van der Waals surface area contributed by atoms with Gasteiger partial charge in [-0.15, -0.1) is 0 Å². The lowest BCUT2D eigenvalue weighted by Crippen LogP contribution is -2.35. The first kappa shape index (κ1) is 16.7. The van der Waals surface area contributed by atoms with Crippen LogP contribution in [0.1, 0.15) is 34.3 Å². The molecule has 4 nitrogen and oxygen atoms in total. The maximum Gasteiger partial charge on any atom is 0.387 e. The Morgan fingerprint density at radius 2 is 1.91 bits per heavy atom. The summed E-state index contributed by atoms with van der Waals surface area (Å²) in [5, 5.41) is 9.91. The van der Waals surface area contributed by atoms with Crippen molar-refractivity contribution in [3.63, 3.8) is 0 Å². The molecule has 0 heterocycles. The Kier molecular flexibility index (Phi) is 5.01. The van der Waals surface area contributed by atoms with Gasteiger partial charge >= 0.3 is 6.61 Å². The normalized spacial score (nSPS) is 15.8. The van der Waals surface area contributed by atoms with E-state index in [9.17, 15) is 18.7 Å². The Labute approximate surface area is 128 Å². The molecule has 0 aromatic heterocycles. The van der Waals surface area contributed by atoms with Crippen molar-refractivity contribution in [2.24, 2.45) is 5.92 Å². The number of aliphatic hydroxyl groups excluding tert-OH is 1. The number of alkyl halides is 2. The summed E-state index contributed by atoms with van der Waals surface area (Å²) in [4.78, 5) is 13.9. The van der Waals surface area contributed by atoms with E-state index in [1.807, 2.05) is 0 Å². The van der Waals surface area contributed by atoms with Gasteiger partial charge in [-0.05, 0) is 55.9 Å². The third kappa shape index (κ3) is 3.94. The van der Waals surface area contributed by atoms with Gasteiger partial charge in [-0.25, -0.2) is 0 Å². The summed E-state index contributed by atoms with van der Waals surface area (Å²) in [6.45, 7) is 0.633. The predicted octanol–water partition coefficient (Wildman–Crippen LogP) is 2.75. The van der Waals surface area contributed by atoms with E-state index in [2.05, 4.69) is 4.74 Å². The van der Waals surface area contributed by atoms with Crippen molar-refractivity contribution < 1.29 is 23.4 Å². The first-order chi connectivity index (χ1) is 10.3. The number of rotatable bonds is 6. The Hall–Kier alpha value is -1.69. The molecule has 1 aliphatic carbocycles. The van der Waals surface area contributed by atoms with E-state index in [1.165, 1.54) is 17.0 Å². The zero-order valence-electron chi connectivity index (χ0n) is 13.0. The van der Waals surface area contributed by atoms with Gasteiger partial charge in [0, 0.05) is 19.2 Å². The summed E-state index contributed by atoms with van der Waals surface area (Å²) < 4.78 is 29.2. The van der Waals surface area contributed by atoms with Gasteiger partial charge in [-0.2, -0.15) is 8.78 Å². The summed E-state index contributed by atoms with van der Waals surface area (Å²) >= 11 is 0. The van der Waals surface area contributed by atoms with E-state index in [0.29, 0.717) is 22.6 Å². The van der Waals surface area contributed by atoms with Crippen LogP contribution < -0.4 is 4.74 Å². The zero-order chi connectivity index (χ0) is 16.4. The maximum absolute atomic E-state index is 12.4. The molecule has 0 radical (unpaired) electrons. The monoisotopic (exact) mass is 313 g/mol. The van der Waals surface area contributed by atoms with Gasteiger partial charge in [0.25, 0.3) is 5.91 Å². The van der Waals surface area contributed by atoms with Gasteiger partial charge in [-0.3, -0.25) is 4.79 Å². The summed E-state index contributed by atoms with van der Waals surface area (Å²) in [5.41, 5.74) is 1.38. The molecule has 6 heteroatoms.